The topological polar surface area (TPSA) is 43.1 Å². The molecule has 5 heteroatoms. The highest BCUT2D eigenvalue weighted by molar-refractivity contribution is 9.10. The van der Waals surface area contributed by atoms with Crippen molar-refractivity contribution < 1.29 is 0 Å². The Balaban J connectivity index is 2.15. The summed E-state index contributed by atoms with van der Waals surface area (Å²) in [6.45, 7) is 0. The van der Waals surface area contributed by atoms with Gasteiger partial charge in [0.05, 0.1) is 6.21 Å². The minimum atomic E-state index is 1.03. The van der Waals surface area contributed by atoms with Gasteiger partial charge in [0, 0.05) is 4.47 Å². The van der Waals surface area contributed by atoms with Crippen molar-refractivity contribution in [2.45, 2.75) is 0 Å². The largest absolute Gasteiger partial charge is 0.208 e. The highest BCUT2D eigenvalue weighted by Crippen LogP contribution is 2.08. The molecule has 0 fully saturated rings. The normalized spacial score (nSPS) is 10.9. The van der Waals surface area contributed by atoms with Gasteiger partial charge in [0.25, 0.3) is 0 Å². The van der Waals surface area contributed by atoms with E-state index < -0.39 is 0 Å². The zero-order valence-electron chi connectivity index (χ0n) is 7.21. The summed E-state index contributed by atoms with van der Waals surface area (Å²) in [5.74, 6) is 0. The number of rotatable bonds is 2. The standard InChI is InChI=1S/C9H7BrN4/c10-9-3-1-8(2-4-9)5-13-14-6-11-12-7-14/h1-7H/b13-5-. The molecule has 0 saturated heterocycles. The fourth-order valence-electron chi connectivity index (χ4n) is 0.937. The molecule has 0 bridgehead atoms. The first-order valence-corrected chi connectivity index (χ1v) is 4.78. The second kappa shape index (κ2) is 4.15. The minimum Gasteiger partial charge on any atom is -0.208 e. The maximum Gasteiger partial charge on any atom is 0.141 e. The Hall–Kier alpha value is -1.49. The van der Waals surface area contributed by atoms with E-state index >= 15 is 0 Å². The molecule has 0 aliphatic rings. The first-order chi connectivity index (χ1) is 6.84. The molecule has 0 aliphatic heterocycles. The number of nitrogens with zero attached hydrogens (tertiary/aromatic N) is 4. The fraction of sp³-hybridized carbons (Fsp3) is 0. The zero-order valence-corrected chi connectivity index (χ0v) is 8.79. The lowest BCUT2D eigenvalue weighted by atomic mass is 10.2. The van der Waals surface area contributed by atoms with Crippen LogP contribution in [0, 0.1) is 0 Å². The molecule has 1 aromatic carbocycles. The molecule has 14 heavy (non-hydrogen) atoms. The molecule has 0 unspecified atom stereocenters. The summed E-state index contributed by atoms with van der Waals surface area (Å²) < 4.78 is 2.60. The fourth-order valence-corrected chi connectivity index (χ4v) is 1.20. The lowest BCUT2D eigenvalue weighted by Gasteiger charge is -1.92. The average molecular weight is 251 g/mol. The summed E-state index contributed by atoms with van der Waals surface area (Å²) in [7, 11) is 0. The van der Waals surface area contributed by atoms with E-state index in [1.807, 2.05) is 24.3 Å². The van der Waals surface area contributed by atoms with Gasteiger partial charge in [-0.3, -0.25) is 0 Å². The summed E-state index contributed by atoms with van der Waals surface area (Å²) in [5, 5.41) is 11.4. The van der Waals surface area contributed by atoms with Gasteiger partial charge < -0.3 is 0 Å². The second-order valence-corrected chi connectivity index (χ2v) is 3.55. The number of halogens is 1. The second-order valence-electron chi connectivity index (χ2n) is 2.64. The van der Waals surface area contributed by atoms with Crippen molar-refractivity contribution in [1.29, 1.82) is 0 Å². The van der Waals surface area contributed by atoms with Crippen LogP contribution in [0.2, 0.25) is 0 Å². The van der Waals surface area contributed by atoms with Crippen LogP contribution in [0.3, 0.4) is 0 Å². The van der Waals surface area contributed by atoms with Crippen molar-refractivity contribution in [3.05, 3.63) is 47.0 Å². The smallest absolute Gasteiger partial charge is 0.141 e. The Morgan fingerprint density at radius 3 is 2.43 bits per heavy atom. The number of hydrogen-bond acceptors (Lipinski definition) is 3. The predicted octanol–water partition coefficient (Wildman–Crippen LogP) is 1.92. The summed E-state index contributed by atoms with van der Waals surface area (Å²) >= 11 is 3.37. The third-order valence-corrected chi connectivity index (χ3v) is 2.15. The third kappa shape index (κ3) is 2.26. The third-order valence-electron chi connectivity index (χ3n) is 1.62. The highest BCUT2D eigenvalue weighted by atomic mass is 79.9. The Kier molecular flexibility index (Phi) is 2.69. The summed E-state index contributed by atoms with van der Waals surface area (Å²) in [6.07, 6.45) is 4.82. The maximum atomic E-state index is 4.12. The molecular formula is C9H7BrN4. The van der Waals surface area contributed by atoms with Gasteiger partial charge in [0.1, 0.15) is 12.7 Å². The number of aromatic nitrogens is 3. The van der Waals surface area contributed by atoms with Crippen molar-refractivity contribution in [1.82, 2.24) is 14.9 Å². The number of hydrogen-bond donors (Lipinski definition) is 0. The maximum absolute atomic E-state index is 4.12. The Morgan fingerprint density at radius 2 is 1.79 bits per heavy atom. The van der Waals surface area contributed by atoms with Crippen LogP contribution >= 0.6 is 15.9 Å². The van der Waals surface area contributed by atoms with E-state index in [0.717, 1.165) is 10.0 Å². The van der Waals surface area contributed by atoms with Crippen LogP contribution in [-0.4, -0.2) is 21.1 Å². The molecule has 0 aliphatic carbocycles. The van der Waals surface area contributed by atoms with E-state index in [1.54, 1.807) is 10.9 Å². The lowest BCUT2D eigenvalue weighted by Crippen LogP contribution is -1.86. The Labute approximate surface area is 89.4 Å². The van der Waals surface area contributed by atoms with Crippen LogP contribution in [-0.2, 0) is 0 Å². The molecule has 70 valence electrons. The van der Waals surface area contributed by atoms with E-state index in [0.29, 0.717) is 0 Å². The molecule has 1 heterocycles. The van der Waals surface area contributed by atoms with Gasteiger partial charge in [-0.15, -0.1) is 10.2 Å². The van der Waals surface area contributed by atoms with E-state index in [1.165, 1.54) is 12.7 Å². The van der Waals surface area contributed by atoms with Gasteiger partial charge in [0.15, 0.2) is 0 Å². The quantitative estimate of drug-likeness (QED) is 0.765. The highest BCUT2D eigenvalue weighted by Gasteiger charge is 1.88. The lowest BCUT2D eigenvalue weighted by molar-refractivity contribution is 0.878. The molecule has 0 spiro atoms. The SMILES string of the molecule is Brc1ccc(/C=N\n2cnnc2)cc1. The molecule has 0 saturated carbocycles. The molecule has 2 rings (SSSR count). The van der Waals surface area contributed by atoms with Gasteiger partial charge in [0.2, 0.25) is 0 Å². The summed E-state index contributed by atoms with van der Waals surface area (Å²) in [6, 6.07) is 7.87. The number of benzene rings is 1. The van der Waals surface area contributed by atoms with Gasteiger partial charge in [-0.2, -0.15) is 5.10 Å². The van der Waals surface area contributed by atoms with Crippen LogP contribution in [0.25, 0.3) is 0 Å². The first-order valence-electron chi connectivity index (χ1n) is 3.99. The van der Waals surface area contributed by atoms with Crippen molar-refractivity contribution in [2.75, 3.05) is 0 Å². The first kappa shape index (κ1) is 9.08. The van der Waals surface area contributed by atoms with Crippen LogP contribution < -0.4 is 0 Å². The molecule has 0 amide bonds. The van der Waals surface area contributed by atoms with Gasteiger partial charge in [-0.05, 0) is 17.7 Å². The Morgan fingerprint density at radius 1 is 1.14 bits per heavy atom. The van der Waals surface area contributed by atoms with Gasteiger partial charge in [-0.1, -0.05) is 28.1 Å². The van der Waals surface area contributed by atoms with Crippen LogP contribution in [0.15, 0.2) is 46.5 Å². The molecule has 0 N–H and O–H groups in total. The summed E-state index contributed by atoms with van der Waals surface area (Å²) in [5.41, 5.74) is 1.03. The van der Waals surface area contributed by atoms with Crippen molar-refractivity contribution >= 4 is 22.1 Å². The Bertz CT molecular complexity index is 419. The van der Waals surface area contributed by atoms with E-state index in [2.05, 4.69) is 31.2 Å². The van der Waals surface area contributed by atoms with Crippen molar-refractivity contribution in [3.8, 4) is 0 Å². The molecule has 1 aromatic heterocycles. The molecule has 0 atom stereocenters. The van der Waals surface area contributed by atoms with E-state index in [9.17, 15) is 0 Å². The van der Waals surface area contributed by atoms with E-state index in [4.69, 9.17) is 0 Å². The van der Waals surface area contributed by atoms with Crippen LogP contribution in [0.4, 0.5) is 0 Å². The molecule has 0 radical (unpaired) electrons. The predicted molar refractivity (Wildman–Crippen MR) is 57.2 cm³/mol. The molecule has 2 aromatic rings. The van der Waals surface area contributed by atoms with Crippen LogP contribution in [0.5, 0.6) is 0 Å². The molecular weight excluding hydrogens is 244 g/mol. The monoisotopic (exact) mass is 250 g/mol. The van der Waals surface area contributed by atoms with Crippen molar-refractivity contribution in [3.63, 3.8) is 0 Å². The van der Waals surface area contributed by atoms with Gasteiger partial charge in [-0.25, -0.2) is 4.68 Å². The van der Waals surface area contributed by atoms with Crippen molar-refractivity contribution in [2.24, 2.45) is 5.10 Å². The van der Waals surface area contributed by atoms with E-state index in [-0.39, 0.29) is 0 Å². The molecule has 4 nitrogen and oxygen atoms in total. The van der Waals surface area contributed by atoms with Gasteiger partial charge >= 0.3 is 0 Å². The zero-order chi connectivity index (χ0) is 9.80. The minimum absolute atomic E-state index is 1.03. The average Bonchev–Trinajstić information content (AvgIpc) is 2.70. The summed E-state index contributed by atoms with van der Waals surface area (Å²) in [4.78, 5) is 0. The van der Waals surface area contributed by atoms with Crippen LogP contribution in [0.1, 0.15) is 5.56 Å².